The van der Waals surface area contributed by atoms with Gasteiger partial charge in [0.25, 0.3) is 5.56 Å². The number of aliphatic hydroxyl groups is 5. The molecule has 0 saturated heterocycles. The minimum atomic E-state index is -1.89. The third kappa shape index (κ3) is 3.24. The first-order valence-electron chi connectivity index (χ1n) is 7.34. The second-order valence-electron chi connectivity index (χ2n) is 6.23. The molecule has 0 aliphatic heterocycles. The summed E-state index contributed by atoms with van der Waals surface area (Å²) in [5, 5.41) is 49.5. The van der Waals surface area contributed by atoms with Gasteiger partial charge in [0.2, 0.25) is 0 Å². The Kier molecular flexibility index (Phi) is 5.07. The largest absolute Gasteiger partial charge is 0.396 e. The molecular formula is C14H22N2O7. The molecule has 1 aromatic heterocycles. The van der Waals surface area contributed by atoms with Crippen molar-refractivity contribution in [1.82, 2.24) is 9.55 Å². The molecule has 1 saturated carbocycles. The van der Waals surface area contributed by atoms with Gasteiger partial charge in [0.05, 0.1) is 25.4 Å². The lowest BCUT2D eigenvalue weighted by Gasteiger charge is -2.34. The molecule has 1 fully saturated rings. The van der Waals surface area contributed by atoms with E-state index in [-0.39, 0.29) is 25.1 Å². The van der Waals surface area contributed by atoms with Gasteiger partial charge in [-0.1, -0.05) is 0 Å². The zero-order valence-electron chi connectivity index (χ0n) is 12.7. The van der Waals surface area contributed by atoms with Crippen LogP contribution < -0.4 is 11.2 Å². The van der Waals surface area contributed by atoms with Gasteiger partial charge in [-0.25, -0.2) is 4.79 Å². The Morgan fingerprint density at radius 2 is 1.96 bits per heavy atom. The molecule has 0 aromatic carbocycles. The highest BCUT2D eigenvalue weighted by Gasteiger charge is 2.51. The van der Waals surface area contributed by atoms with Crippen LogP contribution in [0.4, 0.5) is 0 Å². The quantitative estimate of drug-likeness (QED) is 0.334. The van der Waals surface area contributed by atoms with Crippen molar-refractivity contribution in [2.75, 3.05) is 13.2 Å². The molecule has 9 heteroatoms. The zero-order chi connectivity index (χ0) is 17.4. The number of hydrogen-bond donors (Lipinski definition) is 6. The van der Waals surface area contributed by atoms with Crippen molar-refractivity contribution in [2.45, 2.75) is 37.7 Å². The SMILES string of the molecule is Cc1cn(C[C@](O)(CO)[C@H]2C[C@H](CO)[C@H](O)[C@@H]2O)c(=O)[nH]c1=O. The molecule has 0 amide bonds. The van der Waals surface area contributed by atoms with Gasteiger partial charge in [-0.15, -0.1) is 0 Å². The molecule has 0 spiro atoms. The molecule has 130 valence electrons. The van der Waals surface area contributed by atoms with E-state index in [2.05, 4.69) is 4.98 Å². The fourth-order valence-electron chi connectivity index (χ4n) is 3.16. The van der Waals surface area contributed by atoms with Gasteiger partial charge in [0.1, 0.15) is 5.60 Å². The maximum absolute atomic E-state index is 11.8. The highest BCUT2D eigenvalue weighted by Crippen LogP contribution is 2.39. The lowest BCUT2D eigenvalue weighted by molar-refractivity contribution is -0.115. The standard InChI is InChI=1S/C14H22N2O7/c1-7-3-16(13(22)15-12(7)21)5-14(23,6-18)9-2-8(4-17)10(19)11(9)20/h3,8-11,17-20,23H,2,4-6H2,1H3,(H,15,21,22)/t8-,9+,10+,11-,14+/m1/s1. The Bertz CT molecular complexity index is 670. The van der Waals surface area contributed by atoms with E-state index >= 15 is 0 Å². The molecule has 5 atom stereocenters. The van der Waals surface area contributed by atoms with E-state index in [1.165, 1.54) is 13.1 Å². The van der Waals surface area contributed by atoms with E-state index in [1.54, 1.807) is 0 Å². The summed E-state index contributed by atoms with van der Waals surface area (Å²) in [6.07, 6.45) is -1.23. The highest BCUT2D eigenvalue weighted by atomic mass is 16.4. The molecule has 0 radical (unpaired) electrons. The van der Waals surface area contributed by atoms with Crippen LogP contribution >= 0.6 is 0 Å². The summed E-state index contributed by atoms with van der Waals surface area (Å²) in [7, 11) is 0. The van der Waals surface area contributed by atoms with E-state index in [0.717, 1.165) is 4.57 Å². The number of nitrogens with zero attached hydrogens (tertiary/aromatic N) is 1. The fraction of sp³-hybridized carbons (Fsp3) is 0.714. The monoisotopic (exact) mass is 330 g/mol. The van der Waals surface area contributed by atoms with Crippen LogP contribution in [0.5, 0.6) is 0 Å². The predicted molar refractivity (Wildman–Crippen MR) is 78.8 cm³/mol. The third-order valence-electron chi connectivity index (χ3n) is 4.63. The van der Waals surface area contributed by atoms with Crippen molar-refractivity contribution in [2.24, 2.45) is 11.8 Å². The maximum Gasteiger partial charge on any atom is 0.328 e. The second-order valence-corrected chi connectivity index (χ2v) is 6.23. The van der Waals surface area contributed by atoms with Crippen molar-refractivity contribution >= 4 is 0 Å². The Labute approximate surface area is 131 Å². The van der Waals surface area contributed by atoms with Crippen LogP contribution in [0.15, 0.2) is 15.8 Å². The number of rotatable bonds is 5. The van der Waals surface area contributed by atoms with Crippen molar-refractivity contribution in [3.05, 3.63) is 32.6 Å². The van der Waals surface area contributed by atoms with Crippen molar-refractivity contribution in [3.8, 4) is 0 Å². The number of aryl methyl sites for hydroxylation is 1. The lowest BCUT2D eigenvalue weighted by atomic mass is 9.84. The zero-order valence-corrected chi connectivity index (χ0v) is 12.7. The summed E-state index contributed by atoms with van der Waals surface area (Å²) >= 11 is 0. The highest BCUT2D eigenvalue weighted by molar-refractivity contribution is 5.04. The molecule has 0 bridgehead atoms. The smallest absolute Gasteiger partial charge is 0.328 e. The van der Waals surface area contributed by atoms with Crippen LogP contribution in [0.1, 0.15) is 12.0 Å². The first-order chi connectivity index (χ1) is 10.7. The summed E-state index contributed by atoms with van der Waals surface area (Å²) in [4.78, 5) is 25.3. The van der Waals surface area contributed by atoms with Gasteiger partial charge < -0.3 is 25.5 Å². The Hall–Kier alpha value is -1.52. The van der Waals surface area contributed by atoms with Crippen molar-refractivity contribution in [3.63, 3.8) is 0 Å². The summed E-state index contributed by atoms with van der Waals surface area (Å²) in [5.74, 6) is -1.55. The number of hydrogen-bond acceptors (Lipinski definition) is 7. The van der Waals surface area contributed by atoms with Crippen LogP contribution in [0.25, 0.3) is 0 Å². The number of aliphatic hydroxyl groups excluding tert-OH is 4. The van der Waals surface area contributed by atoms with E-state index in [0.29, 0.717) is 0 Å². The molecule has 0 unspecified atom stereocenters. The predicted octanol–water partition coefficient (Wildman–Crippen LogP) is -3.08. The first-order valence-corrected chi connectivity index (χ1v) is 7.34. The molecule has 23 heavy (non-hydrogen) atoms. The average Bonchev–Trinajstić information content (AvgIpc) is 2.81. The van der Waals surface area contributed by atoms with Crippen LogP contribution in [0.2, 0.25) is 0 Å². The maximum atomic E-state index is 11.8. The summed E-state index contributed by atoms with van der Waals surface area (Å²) in [5.41, 5.74) is -2.93. The number of aromatic amines is 1. The second kappa shape index (κ2) is 6.54. The molecular weight excluding hydrogens is 308 g/mol. The van der Waals surface area contributed by atoms with E-state index in [1.807, 2.05) is 0 Å². The molecule has 9 nitrogen and oxygen atoms in total. The fourth-order valence-corrected chi connectivity index (χ4v) is 3.16. The van der Waals surface area contributed by atoms with Crippen LogP contribution in [-0.4, -0.2) is 66.1 Å². The minimum Gasteiger partial charge on any atom is -0.396 e. The van der Waals surface area contributed by atoms with Gasteiger partial charge >= 0.3 is 5.69 Å². The Morgan fingerprint density at radius 1 is 1.30 bits per heavy atom. The molecule has 2 rings (SSSR count). The minimum absolute atomic E-state index is 0.0903. The molecule has 1 aliphatic carbocycles. The molecule has 6 N–H and O–H groups in total. The Morgan fingerprint density at radius 3 is 2.48 bits per heavy atom. The normalized spacial score (nSPS) is 30.3. The van der Waals surface area contributed by atoms with Crippen LogP contribution in [0, 0.1) is 18.8 Å². The van der Waals surface area contributed by atoms with Crippen LogP contribution in [-0.2, 0) is 6.54 Å². The van der Waals surface area contributed by atoms with Gasteiger partial charge in [0, 0.05) is 30.2 Å². The lowest BCUT2D eigenvalue weighted by Crippen LogP contribution is -2.51. The molecule has 1 heterocycles. The van der Waals surface area contributed by atoms with E-state index in [9.17, 15) is 35.1 Å². The van der Waals surface area contributed by atoms with Gasteiger partial charge in [0.15, 0.2) is 0 Å². The van der Waals surface area contributed by atoms with Gasteiger partial charge in [-0.2, -0.15) is 0 Å². The molecule has 1 aliphatic rings. The number of nitrogens with one attached hydrogen (secondary N) is 1. The average molecular weight is 330 g/mol. The topological polar surface area (TPSA) is 156 Å². The number of aromatic nitrogens is 2. The summed E-state index contributed by atoms with van der Waals surface area (Å²) in [6, 6.07) is 0. The van der Waals surface area contributed by atoms with Gasteiger partial charge in [-0.05, 0) is 13.3 Å². The molecule has 1 aromatic rings. The Balaban J connectivity index is 2.33. The summed E-state index contributed by atoms with van der Waals surface area (Å²) < 4.78 is 1.04. The van der Waals surface area contributed by atoms with E-state index in [4.69, 9.17) is 0 Å². The van der Waals surface area contributed by atoms with Gasteiger partial charge in [-0.3, -0.25) is 14.3 Å². The van der Waals surface area contributed by atoms with Crippen molar-refractivity contribution in [1.29, 1.82) is 0 Å². The van der Waals surface area contributed by atoms with E-state index < -0.39 is 47.5 Å². The third-order valence-corrected chi connectivity index (χ3v) is 4.63. The van der Waals surface area contributed by atoms with Crippen LogP contribution in [0.3, 0.4) is 0 Å². The first kappa shape index (κ1) is 17.8. The van der Waals surface area contributed by atoms with Crippen molar-refractivity contribution < 1.29 is 25.5 Å². The summed E-state index contributed by atoms with van der Waals surface area (Å²) in [6.45, 7) is -0.00651. The number of H-pyrrole nitrogens is 1.